The van der Waals surface area contributed by atoms with Gasteiger partial charge in [0.2, 0.25) is 5.91 Å². The largest absolute Gasteiger partial charge is 0.481 e. The highest BCUT2D eigenvalue weighted by molar-refractivity contribution is 5.85. The molecule has 1 unspecified atom stereocenters. The lowest BCUT2D eigenvalue weighted by Gasteiger charge is -2.15. The first-order chi connectivity index (χ1) is 13.2. The normalized spacial score (nSPS) is 12.0. The third-order valence-electron chi connectivity index (χ3n) is 4.23. The van der Waals surface area contributed by atoms with Crippen molar-refractivity contribution in [2.75, 3.05) is 0 Å². The third-order valence-corrected chi connectivity index (χ3v) is 4.23. The summed E-state index contributed by atoms with van der Waals surface area (Å²) in [6.45, 7) is 10.3. The molecular formula is C20H27FN4O3. The highest BCUT2D eigenvalue weighted by Gasteiger charge is 2.18. The number of hydrogen-bond acceptors (Lipinski definition) is 4. The fraction of sp³-hybridized carbons (Fsp3) is 0.450. The number of aromatic nitrogens is 2. The number of hydrogen-bond donors (Lipinski definition) is 2. The molecule has 0 radical (unpaired) electrons. The van der Waals surface area contributed by atoms with Gasteiger partial charge in [0, 0.05) is 17.8 Å². The van der Waals surface area contributed by atoms with E-state index in [0.717, 1.165) is 23.5 Å². The number of hydrazine groups is 1. The molecule has 2 N–H and O–H groups in total. The van der Waals surface area contributed by atoms with Crippen LogP contribution in [0.15, 0.2) is 24.3 Å². The second-order valence-electron chi connectivity index (χ2n) is 7.15. The number of aryl methyl sites for hydroxylation is 1. The van der Waals surface area contributed by atoms with Gasteiger partial charge in [-0.1, -0.05) is 13.8 Å². The van der Waals surface area contributed by atoms with Gasteiger partial charge in [-0.05, 0) is 51.0 Å². The molecule has 0 saturated carbocycles. The molecule has 0 aliphatic carbocycles. The van der Waals surface area contributed by atoms with Crippen molar-refractivity contribution in [1.29, 1.82) is 0 Å². The highest BCUT2D eigenvalue weighted by atomic mass is 19.1. The first-order valence-corrected chi connectivity index (χ1v) is 9.21. The van der Waals surface area contributed by atoms with E-state index in [4.69, 9.17) is 4.74 Å². The van der Waals surface area contributed by atoms with Crippen molar-refractivity contribution in [2.45, 2.75) is 53.7 Å². The molecule has 1 atom stereocenters. The Morgan fingerprint density at radius 2 is 1.79 bits per heavy atom. The Labute approximate surface area is 164 Å². The number of benzene rings is 1. The van der Waals surface area contributed by atoms with Crippen molar-refractivity contribution in [3.8, 4) is 5.75 Å². The monoisotopic (exact) mass is 390 g/mol. The van der Waals surface area contributed by atoms with E-state index < -0.39 is 12.0 Å². The number of amides is 2. The van der Waals surface area contributed by atoms with Crippen molar-refractivity contribution < 1.29 is 18.7 Å². The first-order valence-electron chi connectivity index (χ1n) is 9.21. The minimum Gasteiger partial charge on any atom is -0.481 e. The number of ether oxygens (including phenoxy) is 1. The van der Waals surface area contributed by atoms with Crippen LogP contribution < -0.4 is 15.6 Å². The molecule has 1 aromatic carbocycles. The molecule has 1 aromatic heterocycles. The van der Waals surface area contributed by atoms with E-state index >= 15 is 0 Å². The summed E-state index contributed by atoms with van der Waals surface area (Å²) in [7, 11) is 0. The average Bonchev–Trinajstić information content (AvgIpc) is 2.88. The molecule has 0 spiro atoms. The lowest BCUT2D eigenvalue weighted by Crippen LogP contribution is -2.47. The molecule has 0 aliphatic heterocycles. The number of carbonyl (C=O) groups is 2. The van der Waals surface area contributed by atoms with Crippen LogP contribution in [-0.2, 0) is 22.6 Å². The van der Waals surface area contributed by atoms with Gasteiger partial charge in [0.25, 0.3) is 5.91 Å². The maximum absolute atomic E-state index is 12.9. The molecule has 1 heterocycles. The molecule has 2 aromatic rings. The molecule has 7 nitrogen and oxygen atoms in total. The van der Waals surface area contributed by atoms with Crippen LogP contribution in [0.25, 0.3) is 0 Å². The lowest BCUT2D eigenvalue weighted by molar-refractivity contribution is -0.132. The minimum absolute atomic E-state index is 0.114. The number of nitrogens with one attached hydrogen (secondary N) is 2. The van der Waals surface area contributed by atoms with Gasteiger partial charge in [-0.2, -0.15) is 5.10 Å². The van der Waals surface area contributed by atoms with E-state index in [-0.39, 0.29) is 18.1 Å². The molecular weight excluding hydrogens is 363 g/mol. The van der Waals surface area contributed by atoms with Crippen LogP contribution in [0.2, 0.25) is 0 Å². The van der Waals surface area contributed by atoms with Crippen LogP contribution in [0.4, 0.5) is 4.39 Å². The minimum atomic E-state index is -0.858. The number of carbonyl (C=O) groups excluding carboxylic acids is 2. The van der Waals surface area contributed by atoms with Crippen molar-refractivity contribution in [1.82, 2.24) is 20.6 Å². The second kappa shape index (κ2) is 9.34. The van der Waals surface area contributed by atoms with Gasteiger partial charge in [-0.3, -0.25) is 25.1 Å². The van der Waals surface area contributed by atoms with Crippen LogP contribution >= 0.6 is 0 Å². The van der Waals surface area contributed by atoms with Gasteiger partial charge >= 0.3 is 0 Å². The average molecular weight is 390 g/mol. The molecule has 152 valence electrons. The molecule has 0 bridgehead atoms. The highest BCUT2D eigenvalue weighted by Crippen LogP contribution is 2.15. The molecule has 8 heteroatoms. The third kappa shape index (κ3) is 5.80. The summed E-state index contributed by atoms with van der Waals surface area (Å²) in [6, 6.07) is 5.34. The Bertz CT molecular complexity index is 831. The zero-order valence-electron chi connectivity index (χ0n) is 16.9. The van der Waals surface area contributed by atoms with Crippen molar-refractivity contribution >= 4 is 11.8 Å². The number of nitrogens with zero attached hydrogens (tertiary/aromatic N) is 2. The Morgan fingerprint density at radius 3 is 2.39 bits per heavy atom. The van der Waals surface area contributed by atoms with Crippen LogP contribution in [-0.4, -0.2) is 27.7 Å². The topological polar surface area (TPSA) is 85.3 Å². The Kier molecular flexibility index (Phi) is 7.14. The maximum atomic E-state index is 12.9. The molecule has 0 saturated heterocycles. The van der Waals surface area contributed by atoms with E-state index in [2.05, 4.69) is 29.8 Å². The van der Waals surface area contributed by atoms with Gasteiger partial charge in [-0.25, -0.2) is 4.39 Å². The summed E-state index contributed by atoms with van der Waals surface area (Å²) in [5.74, 6) is -0.445. The van der Waals surface area contributed by atoms with E-state index in [1.165, 1.54) is 31.2 Å². The van der Waals surface area contributed by atoms with Gasteiger partial charge < -0.3 is 4.74 Å². The van der Waals surface area contributed by atoms with Crippen LogP contribution in [0, 0.1) is 25.6 Å². The fourth-order valence-electron chi connectivity index (χ4n) is 2.72. The van der Waals surface area contributed by atoms with E-state index in [9.17, 15) is 14.0 Å². The molecule has 2 amide bonds. The number of rotatable bonds is 7. The van der Waals surface area contributed by atoms with Crippen molar-refractivity contribution in [2.24, 2.45) is 5.92 Å². The quantitative estimate of drug-likeness (QED) is 0.711. The summed E-state index contributed by atoms with van der Waals surface area (Å²) < 4.78 is 20.2. The second-order valence-corrected chi connectivity index (χ2v) is 7.15. The summed E-state index contributed by atoms with van der Waals surface area (Å²) in [5, 5.41) is 4.48. The van der Waals surface area contributed by atoms with E-state index in [1.54, 1.807) is 0 Å². The number of halogens is 1. The van der Waals surface area contributed by atoms with Crippen LogP contribution in [0.1, 0.15) is 37.7 Å². The first kappa shape index (κ1) is 21.4. The predicted molar refractivity (Wildman–Crippen MR) is 103 cm³/mol. The van der Waals surface area contributed by atoms with E-state index in [1.807, 2.05) is 18.5 Å². The molecule has 0 fully saturated rings. The van der Waals surface area contributed by atoms with Crippen molar-refractivity contribution in [3.63, 3.8) is 0 Å². The standard InChI is InChI=1S/C20H27FN4O3/c1-12(2)11-25-14(4)18(13(3)24-25)10-19(26)22-23-20(27)15(5)28-17-8-6-16(21)7-9-17/h6-9,12,15H,10-11H2,1-5H3,(H,22,26)(H,23,27). The maximum Gasteiger partial charge on any atom is 0.279 e. The van der Waals surface area contributed by atoms with Gasteiger partial charge in [0.1, 0.15) is 11.6 Å². The summed E-state index contributed by atoms with van der Waals surface area (Å²) in [4.78, 5) is 24.3. The van der Waals surface area contributed by atoms with Crippen LogP contribution in [0.5, 0.6) is 5.75 Å². The Hall–Kier alpha value is -2.90. The van der Waals surface area contributed by atoms with Gasteiger partial charge in [0.15, 0.2) is 6.10 Å². The van der Waals surface area contributed by atoms with Crippen molar-refractivity contribution in [3.05, 3.63) is 47.0 Å². The van der Waals surface area contributed by atoms with Gasteiger partial charge in [0.05, 0.1) is 12.1 Å². The molecule has 2 rings (SSSR count). The van der Waals surface area contributed by atoms with Crippen LogP contribution in [0.3, 0.4) is 0 Å². The van der Waals surface area contributed by atoms with Gasteiger partial charge in [-0.15, -0.1) is 0 Å². The Morgan fingerprint density at radius 1 is 1.14 bits per heavy atom. The Balaban J connectivity index is 1.87. The molecule has 0 aliphatic rings. The predicted octanol–water partition coefficient (Wildman–Crippen LogP) is 2.45. The zero-order chi connectivity index (χ0) is 20.8. The summed E-state index contributed by atoms with van der Waals surface area (Å²) >= 11 is 0. The SMILES string of the molecule is Cc1nn(CC(C)C)c(C)c1CC(=O)NNC(=O)C(C)Oc1ccc(F)cc1. The summed E-state index contributed by atoms with van der Waals surface area (Å²) in [5.41, 5.74) is 7.34. The van der Waals surface area contributed by atoms with E-state index in [0.29, 0.717) is 11.7 Å². The lowest BCUT2D eigenvalue weighted by atomic mass is 10.1. The molecule has 28 heavy (non-hydrogen) atoms. The smallest absolute Gasteiger partial charge is 0.279 e. The summed E-state index contributed by atoms with van der Waals surface area (Å²) in [6.07, 6.45) is -0.744. The zero-order valence-corrected chi connectivity index (χ0v) is 16.9. The fourth-order valence-corrected chi connectivity index (χ4v) is 2.72.